The lowest BCUT2D eigenvalue weighted by Gasteiger charge is -2.26. The molecule has 0 unspecified atom stereocenters. The second-order valence-corrected chi connectivity index (χ2v) is 5.19. The van der Waals surface area contributed by atoms with Crippen LogP contribution in [-0.4, -0.2) is 18.1 Å². The summed E-state index contributed by atoms with van der Waals surface area (Å²) >= 11 is 0. The van der Waals surface area contributed by atoms with Gasteiger partial charge in [0.1, 0.15) is 17.9 Å². The van der Waals surface area contributed by atoms with E-state index in [0.717, 1.165) is 11.3 Å². The lowest BCUT2D eigenvalue weighted by molar-refractivity contribution is -0.154. The molecule has 2 rings (SSSR count). The van der Waals surface area contributed by atoms with E-state index >= 15 is 0 Å². The lowest BCUT2D eigenvalue weighted by Crippen LogP contribution is -2.34. The molecule has 0 spiro atoms. The highest BCUT2D eigenvalue weighted by Crippen LogP contribution is 2.26. The largest absolute Gasteiger partial charge is 0.482 e. The van der Waals surface area contributed by atoms with E-state index in [2.05, 4.69) is 0 Å². The molecule has 0 radical (unpaired) electrons. The normalized spacial score (nSPS) is 14.7. The molecule has 0 aromatic heterocycles. The predicted molar refractivity (Wildman–Crippen MR) is 85.5 cm³/mol. The zero-order valence-electron chi connectivity index (χ0n) is 12.8. The molecule has 2 aromatic carbocycles. The number of carbonyl (C=O) groups is 1. The van der Waals surface area contributed by atoms with Crippen molar-refractivity contribution in [3.05, 3.63) is 66.2 Å². The molecule has 2 aromatic rings. The molecule has 0 aliphatic rings. The highest BCUT2D eigenvalue weighted by molar-refractivity contribution is 5.75. The van der Waals surface area contributed by atoms with Crippen LogP contribution in [-0.2, 0) is 9.53 Å². The number of para-hydroxylation sites is 1. The Morgan fingerprint density at radius 1 is 0.955 bits per heavy atom. The molecule has 0 saturated carbocycles. The maximum absolute atomic E-state index is 11.7. The minimum absolute atomic E-state index is 0.397. The van der Waals surface area contributed by atoms with E-state index in [1.807, 2.05) is 60.7 Å². The van der Waals surface area contributed by atoms with Gasteiger partial charge in [0.05, 0.1) is 0 Å². The van der Waals surface area contributed by atoms with Gasteiger partial charge in [-0.05, 0) is 31.5 Å². The van der Waals surface area contributed by atoms with Crippen molar-refractivity contribution in [1.82, 2.24) is 0 Å². The van der Waals surface area contributed by atoms with Crippen LogP contribution in [0.15, 0.2) is 60.7 Å². The molecule has 0 amide bonds. The van der Waals surface area contributed by atoms with E-state index in [1.165, 1.54) is 0 Å². The van der Waals surface area contributed by atoms with Crippen LogP contribution in [0.5, 0.6) is 5.75 Å². The Labute approximate surface area is 130 Å². The molecule has 0 aliphatic heterocycles. The topological polar surface area (TPSA) is 61.6 Å². The number of carbonyl (C=O) groups excluding carboxylic acids is 1. The molecule has 2 N–H and O–H groups in total. The minimum atomic E-state index is -0.657. The van der Waals surface area contributed by atoms with Gasteiger partial charge in [0.2, 0.25) is 0 Å². The van der Waals surface area contributed by atoms with E-state index in [-0.39, 0.29) is 0 Å². The number of hydrogen-bond acceptors (Lipinski definition) is 4. The van der Waals surface area contributed by atoms with Crippen LogP contribution in [0, 0.1) is 0 Å². The Bertz CT molecular complexity index is 584. The van der Waals surface area contributed by atoms with Crippen molar-refractivity contribution in [2.24, 2.45) is 5.73 Å². The molecule has 0 saturated heterocycles. The summed E-state index contributed by atoms with van der Waals surface area (Å²) in [5.41, 5.74) is 6.50. The number of nitrogens with two attached hydrogens (primary N) is 1. The third-order valence-corrected chi connectivity index (χ3v) is 3.23. The zero-order chi connectivity index (χ0) is 15.9. The summed E-state index contributed by atoms with van der Waals surface area (Å²) in [4.78, 5) is 11.7. The zero-order valence-corrected chi connectivity index (χ0v) is 12.8. The summed E-state index contributed by atoms with van der Waals surface area (Å²) in [6, 6.07) is 18.5. The van der Waals surface area contributed by atoms with Gasteiger partial charge in [-0.15, -0.1) is 0 Å². The Kier molecular flexibility index (Phi) is 5.55. The van der Waals surface area contributed by atoms with Gasteiger partial charge in [0.15, 0.2) is 6.10 Å². The maximum atomic E-state index is 11.7. The van der Waals surface area contributed by atoms with Gasteiger partial charge in [-0.1, -0.05) is 48.5 Å². The third-order valence-electron chi connectivity index (χ3n) is 3.23. The minimum Gasteiger partial charge on any atom is -0.482 e. The molecule has 0 bridgehead atoms. The van der Waals surface area contributed by atoms with E-state index in [0.29, 0.717) is 0 Å². The van der Waals surface area contributed by atoms with Crippen molar-refractivity contribution >= 4 is 5.97 Å². The second-order valence-electron chi connectivity index (χ2n) is 5.19. The van der Waals surface area contributed by atoms with Crippen LogP contribution in [0.25, 0.3) is 0 Å². The quantitative estimate of drug-likeness (QED) is 0.833. The monoisotopic (exact) mass is 299 g/mol. The number of esters is 1. The van der Waals surface area contributed by atoms with Gasteiger partial charge < -0.3 is 15.2 Å². The first-order chi connectivity index (χ1) is 10.6. The number of hydrogen-bond donors (Lipinski definition) is 1. The Balaban J connectivity index is 2.20. The van der Waals surface area contributed by atoms with Crippen molar-refractivity contribution in [2.75, 3.05) is 0 Å². The molecule has 116 valence electrons. The SMILES string of the molecule is C[C@H](N)C(=O)O[C@@H](C)[C@H](Oc1ccccc1)c1ccccc1. The molecule has 0 aliphatic carbocycles. The molecule has 0 fully saturated rings. The first-order valence-corrected chi connectivity index (χ1v) is 7.30. The molecule has 4 nitrogen and oxygen atoms in total. The van der Waals surface area contributed by atoms with Gasteiger partial charge in [-0.2, -0.15) is 0 Å². The highest BCUT2D eigenvalue weighted by Gasteiger charge is 2.25. The van der Waals surface area contributed by atoms with Gasteiger partial charge in [-0.25, -0.2) is 0 Å². The molecular weight excluding hydrogens is 278 g/mol. The van der Waals surface area contributed by atoms with Crippen molar-refractivity contribution in [3.63, 3.8) is 0 Å². The second kappa shape index (κ2) is 7.61. The van der Waals surface area contributed by atoms with Crippen LogP contribution < -0.4 is 10.5 Å². The van der Waals surface area contributed by atoms with Crippen LogP contribution in [0.2, 0.25) is 0 Å². The summed E-state index contributed by atoms with van der Waals surface area (Å²) in [5.74, 6) is 0.283. The fourth-order valence-electron chi connectivity index (χ4n) is 2.08. The molecule has 4 heteroatoms. The van der Waals surface area contributed by atoms with Crippen molar-refractivity contribution < 1.29 is 14.3 Å². The average Bonchev–Trinajstić information content (AvgIpc) is 2.54. The Morgan fingerprint density at radius 3 is 2.05 bits per heavy atom. The number of benzene rings is 2. The molecule has 3 atom stereocenters. The van der Waals surface area contributed by atoms with Crippen molar-refractivity contribution in [3.8, 4) is 5.75 Å². The molecule has 0 heterocycles. The fraction of sp³-hybridized carbons (Fsp3) is 0.278. The maximum Gasteiger partial charge on any atom is 0.323 e. The average molecular weight is 299 g/mol. The smallest absolute Gasteiger partial charge is 0.323 e. The first kappa shape index (κ1) is 16.0. The predicted octanol–water partition coefficient (Wildman–Crippen LogP) is 3.09. The third kappa shape index (κ3) is 4.33. The van der Waals surface area contributed by atoms with E-state index < -0.39 is 24.2 Å². The van der Waals surface area contributed by atoms with Gasteiger partial charge in [-0.3, -0.25) is 4.79 Å². The Morgan fingerprint density at radius 2 is 1.50 bits per heavy atom. The van der Waals surface area contributed by atoms with Crippen LogP contribution >= 0.6 is 0 Å². The van der Waals surface area contributed by atoms with E-state index in [9.17, 15) is 4.79 Å². The molecule has 22 heavy (non-hydrogen) atoms. The van der Waals surface area contributed by atoms with E-state index in [4.69, 9.17) is 15.2 Å². The van der Waals surface area contributed by atoms with Crippen molar-refractivity contribution in [1.29, 1.82) is 0 Å². The van der Waals surface area contributed by atoms with Gasteiger partial charge in [0, 0.05) is 0 Å². The highest BCUT2D eigenvalue weighted by atomic mass is 16.6. The Hall–Kier alpha value is -2.33. The lowest BCUT2D eigenvalue weighted by atomic mass is 10.0. The number of ether oxygens (including phenoxy) is 2. The molecular formula is C18H21NO3. The summed E-state index contributed by atoms with van der Waals surface area (Å²) < 4.78 is 11.4. The summed E-state index contributed by atoms with van der Waals surface area (Å²) in [6.45, 7) is 3.41. The fourth-order valence-corrected chi connectivity index (χ4v) is 2.08. The summed E-state index contributed by atoms with van der Waals surface area (Å²) in [5, 5.41) is 0. The standard InChI is InChI=1S/C18H21NO3/c1-13(19)18(20)21-14(2)17(15-9-5-3-6-10-15)22-16-11-7-4-8-12-16/h3-14,17H,19H2,1-2H3/t13-,14-,17-/m0/s1. The van der Waals surface area contributed by atoms with E-state index in [1.54, 1.807) is 13.8 Å². The summed E-state index contributed by atoms with van der Waals surface area (Å²) in [7, 11) is 0. The van der Waals surface area contributed by atoms with Crippen LogP contribution in [0.3, 0.4) is 0 Å². The van der Waals surface area contributed by atoms with Gasteiger partial charge in [0.25, 0.3) is 0 Å². The summed E-state index contributed by atoms with van der Waals surface area (Å²) in [6.07, 6.45) is -0.854. The van der Waals surface area contributed by atoms with Gasteiger partial charge >= 0.3 is 5.97 Å². The van der Waals surface area contributed by atoms with Crippen LogP contribution in [0.1, 0.15) is 25.5 Å². The number of rotatable bonds is 6. The van der Waals surface area contributed by atoms with Crippen LogP contribution in [0.4, 0.5) is 0 Å². The van der Waals surface area contributed by atoms with Crippen molar-refractivity contribution in [2.45, 2.75) is 32.1 Å². The first-order valence-electron chi connectivity index (χ1n) is 7.30.